The molecule has 0 radical (unpaired) electrons. The average Bonchev–Trinajstić information content (AvgIpc) is 2.75. The first-order valence-corrected chi connectivity index (χ1v) is 14.2. The summed E-state index contributed by atoms with van der Waals surface area (Å²) < 4.78 is 19.3. The Hall–Kier alpha value is -2.51. The van der Waals surface area contributed by atoms with Gasteiger partial charge in [0.2, 0.25) is 0 Å². The van der Waals surface area contributed by atoms with E-state index in [4.69, 9.17) is 13.6 Å². The Kier molecular flexibility index (Phi) is 8.40. The molecule has 0 N–H and O–H groups in total. The first-order valence-electron chi connectivity index (χ1n) is 13.1. The van der Waals surface area contributed by atoms with Crippen molar-refractivity contribution >= 4 is 8.60 Å². The normalized spacial score (nSPS) is 12.6. The summed E-state index contributed by atoms with van der Waals surface area (Å²) in [5, 5.41) is 0. The van der Waals surface area contributed by atoms with E-state index in [9.17, 15) is 0 Å². The van der Waals surface area contributed by atoms with E-state index < -0.39 is 8.60 Å². The zero-order valence-electron chi connectivity index (χ0n) is 24.9. The molecule has 0 aliphatic heterocycles. The molecule has 0 bridgehead atoms. The third kappa shape index (κ3) is 7.51. The van der Waals surface area contributed by atoms with E-state index in [1.165, 1.54) is 33.4 Å². The minimum atomic E-state index is -1.76. The molecule has 0 aromatic heterocycles. The number of benzene rings is 3. The van der Waals surface area contributed by atoms with Gasteiger partial charge in [0, 0.05) is 0 Å². The highest BCUT2D eigenvalue weighted by atomic mass is 31.2. The topological polar surface area (TPSA) is 27.7 Å². The summed E-state index contributed by atoms with van der Waals surface area (Å²) in [6.45, 7) is 26.4. The highest BCUT2D eigenvalue weighted by Gasteiger charge is 2.25. The van der Waals surface area contributed by atoms with Gasteiger partial charge in [-0.15, -0.1) is 0 Å². The molecular formula is C33H45O3P. The highest BCUT2D eigenvalue weighted by molar-refractivity contribution is 7.43. The molecule has 37 heavy (non-hydrogen) atoms. The van der Waals surface area contributed by atoms with E-state index in [2.05, 4.69) is 119 Å². The largest absolute Gasteiger partial charge is 0.530 e. The first-order chi connectivity index (χ1) is 16.9. The monoisotopic (exact) mass is 520 g/mol. The second-order valence-corrected chi connectivity index (χ2v) is 14.2. The molecule has 4 heteroatoms. The third-order valence-corrected chi connectivity index (χ3v) is 7.67. The Morgan fingerprint density at radius 2 is 0.676 bits per heavy atom. The quantitative estimate of drug-likeness (QED) is 0.303. The van der Waals surface area contributed by atoms with Gasteiger partial charge in [0.15, 0.2) is 0 Å². The van der Waals surface area contributed by atoms with Crippen LogP contribution in [0, 0.1) is 20.8 Å². The van der Waals surface area contributed by atoms with Crippen LogP contribution in [0.5, 0.6) is 17.2 Å². The van der Waals surface area contributed by atoms with Crippen molar-refractivity contribution < 1.29 is 13.6 Å². The van der Waals surface area contributed by atoms with E-state index in [1.54, 1.807) is 0 Å². The smallest absolute Gasteiger partial charge is 0.408 e. The van der Waals surface area contributed by atoms with E-state index in [1.807, 2.05) is 18.2 Å². The van der Waals surface area contributed by atoms with Gasteiger partial charge < -0.3 is 13.6 Å². The van der Waals surface area contributed by atoms with Crippen LogP contribution in [0.3, 0.4) is 0 Å². The van der Waals surface area contributed by atoms with Crippen LogP contribution in [0.25, 0.3) is 0 Å². The van der Waals surface area contributed by atoms with Crippen molar-refractivity contribution in [2.75, 3.05) is 0 Å². The van der Waals surface area contributed by atoms with Gasteiger partial charge in [0.05, 0.1) is 0 Å². The van der Waals surface area contributed by atoms with Crippen LogP contribution in [-0.4, -0.2) is 0 Å². The van der Waals surface area contributed by atoms with Crippen molar-refractivity contribution in [3.8, 4) is 17.2 Å². The fraction of sp³-hybridized carbons (Fsp3) is 0.455. The molecule has 0 saturated heterocycles. The Balaban J connectivity index is 2.00. The van der Waals surface area contributed by atoms with Crippen LogP contribution in [-0.2, 0) is 16.2 Å². The van der Waals surface area contributed by atoms with Crippen molar-refractivity contribution in [3.63, 3.8) is 0 Å². The van der Waals surface area contributed by atoms with Crippen molar-refractivity contribution in [2.24, 2.45) is 0 Å². The number of aryl methyl sites for hydroxylation is 3. The van der Waals surface area contributed by atoms with Gasteiger partial charge in [0.25, 0.3) is 0 Å². The lowest BCUT2D eigenvalue weighted by Gasteiger charge is -2.26. The Morgan fingerprint density at radius 1 is 0.432 bits per heavy atom. The van der Waals surface area contributed by atoms with Crippen LogP contribution >= 0.6 is 8.60 Å². The summed E-state index contributed by atoms with van der Waals surface area (Å²) in [5.74, 6) is 2.23. The number of hydrogen-bond donors (Lipinski definition) is 0. The van der Waals surface area contributed by atoms with E-state index in [0.717, 1.165) is 17.2 Å². The fourth-order valence-corrected chi connectivity index (χ4v) is 5.68. The molecule has 0 atom stereocenters. The molecule has 3 aromatic rings. The van der Waals surface area contributed by atoms with Gasteiger partial charge in [-0.2, -0.15) is 0 Å². The zero-order chi connectivity index (χ0) is 27.8. The molecule has 200 valence electrons. The van der Waals surface area contributed by atoms with E-state index in [0.29, 0.717) is 0 Å². The highest BCUT2D eigenvalue weighted by Crippen LogP contribution is 2.45. The molecule has 0 aliphatic rings. The second kappa shape index (κ2) is 10.7. The van der Waals surface area contributed by atoms with Crippen LogP contribution < -0.4 is 13.6 Å². The maximum Gasteiger partial charge on any atom is 0.530 e. The maximum atomic E-state index is 6.44. The van der Waals surface area contributed by atoms with Crippen molar-refractivity contribution in [1.82, 2.24) is 0 Å². The number of hydrogen-bond acceptors (Lipinski definition) is 3. The molecule has 0 heterocycles. The lowest BCUT2D eigenvalue weighted by molar-refractivity contribution is 0.386. The molecule has 0 fully saturated rings. The van der Waals surface area contributed by atoms with Gasteiger partial charge in [-0.25, -0.2) is 0 Å². The van der Waals surface area contributed by atoms with Gasteiger partial charge in [-0.3, -0.25) is 0 Å². The first kappa shape index (κ1) is 29.1. The van der Waals surface area contributed by atoms with Crippen molar-refractivity contribution in [1.29, 1.82) is 0 Å². The minimum Gasteiger partial charge on any atom is -0.408 e. The molecular weight excluding hydrogens is 475 g/mol. The number of rotatable bonds is 6. The van der Waals surface area contributed by atoms with Crippen LogP contribution in [0.15, 0.2) is 54.6 Å². The Bertz CT molecular complexity index is 1080. The molecule has 3 aromatic carbocycles. The average molecular weight is 521 g/mol. The summed E-state index contributed by atoms with van der Waals surface area (Å²) in [6.07, 6.45) is 0. The Labute approximate surface area is 226 Å². The fourth-order valence-electron chi connectivity index (χ4n) is 4.71. The molecule has 0 amide bonds. The zero-order valence-corrected chi connectivity index (χ0v) is 25.8. The molecule has 0 spiro atoms. The van der Waals surface area contributed by atoms with Crippen LogP contribution in [0.4, 0.5) is 0 Å². The second-order valence-electron chi connectivity index (χ2n) is 13.2. The maximum absolute atomic E-state index is 6.44. The van der Waals surface area contributed by atoms with Gasteiger partial charge >= 0.3 is 8.60 Å². The summed E-state index contributed by atoms with van der Waals surface area (Å²) in [5.41, 5.74) is 7.48. The third-order valence-electron chi connectivity index (χ3n) is 6.59. The molecule has 3 nitrogen and oxygen atoms in total. The molecule has 0 aliphatic carbocycles. The van der Waals surface area contributed by atoms with Crippen molar-refractivity contribution in [2.45, 2.75) is 99.3 Å². The lowest BCUT2D eigenvalue weighted by Crippen LogP contribution is -2.14. The summed E-state index contributed by atoms with van der Waals surface area (Å²) in [7, 11) is -1.76. The summed E-state index contributed by atoms with van der Waals surface area (Å²) >= 11 is 0. The lowest BCUT2D eigenvalue weighted by atomic mass is 9.84. The van der Waals surface area contributed by atoms with E-state index >= 15 is 0 Å². The Morgan fingerprint density at radius 3 is 0.892 bits per heavy atom. The standard InChI is InChI=1S/C33H45O3P/c1-22-13-16-25(19-28(22)31(4,5)6)34-37(35-26-17-14-23(2)29(20-26)32(7,8)9)36-27-18-15-24(3)30(21-27)33(10,11)12/h13-21H,1-12H3. The van der Waals surface area contributed by atoms with Gasteiger partial charge in [0.1, 0.15) is 17.2 Å². The van der Waals surface area contributed by atoms with Crippen LogP contribution in [0.2, 0.25) is 0 Å². The minimum absolute atomic E-state index is 0.00502. The molecule has 3 rings (SSSR count). The van der Waals surface area contributed by atoms with Crippen LogP contribution in [0.1, 0.15) is 95.7 Å². The summed E-state index contributed by atoms with van der Waals surface area (Å²) in [4.78, 5) is 0. The summed E-state index contributed by atoms with van der Waals surface area (Å²) in [6, 6.07) is 18.7. The van der Waals surface area contributed by atoms with Crippen molar-refractivity contribution in [3.05, 3.63) is 88.0 Å². The predicted octanol–water partition coefficient (Wildman–Crippen LogP) is 10.3. The molecule has 0 unspecified atom stereocenters. The SMILES string of the molecule is Cc1ccc(OP(Oc2ccc(C)c(C(C)(C)C)c2)Oc2ccc(C)c(C(C)(C)C)c2)cc1C(C)(C)C. The predicted molar refractivity (Wildman–Crippen MR) is 158 cm³/mol. The van der Waals surface area contributed by atoms with Gasteiger partial charge in [-0.05, 0) is 107 Å². The van der Waals surface area contributed by atoms with E-state index in [-0.39, 0.29) is 16.2 Å². The van der Waals surface area contributed by atoms with Gasteiger partial charge in [-0.1, -0.05) is 80.5 Å². The molecule has 0 saturated carbocycles.